The van der Waals surface area contributed by atoms with Crippen LogP contribution in [0.4, 0.5) is 0 Å². The van der Waals surface area contributed by atoms with E-state index in [2.05, 4.69) is 96.5 Å². The quantitative estimate of drug-likeness (QED) is 0.143. The number of aryl methyl sites for hydroxylation is 6. The molecular weight excluding hydrogens is 669 g/mol. The van der Waals surface area contributed by atoms with Crippen LogP contribution in [0.25, 0.3) is 11.1 Å². The molecule has 276 valence electrons. The number of hydrogen-bond acceptors (Lipinski definition) is 5. The van der Waals surface area contributed by atoms with Crippen molar-refractivity contribution in [2.45, 2.75) is 98.8 Å². The molecule has 1 aromatic heterocycles. The van der Waals surface area contributed by atoms with Crippen molar-refractivity contribution >= 4 is 23.2 Å². The molecule has 5 rings (SSSR count). The standard InChI is InChI=1S/C37H43Cl2N3.C5H12N2.C2H6/c1-4-28-23-36(38)32(22-31(28)17-18-33-24-40-19-20-41-33)16-15-29-9-5-11-34(26(29)2)35-12-6-10-30(37(35)39)14-13-27-8-7-21-42(3)25-27;1-3-5(4-6)7-2;1-2/h5-6,9-12,19-20,22-24,27H,4,7-8,13-18,21,25H2,1-3H3;4,7H,3,6H2,1-2H3;1-2H3/b;5-4-;. The summed E-state index contributed by atoms with van der Waals surface area (Å²) in [6.07, 6.45) is 17.4. The first-order valence-corrected chi connectivity index (χ1v) is 19.7. The van der Waals surface area contributed by atoms with Crippen LogP contribution in [0.3, 0.4) is 0 Å². The van der Waals surface area contributed by atoms with Crippen molar-refractivity contribution in [3.8, 4) is 11.1 Å². The van der Waals surface area contributed by atoms with Crippen molar-refractivity contribution < 1.29 is 0 Å². The smallest absolute Gasteiger partial charge is 0.0589 e. The Balaban J connectivity index is 0.000000698. The van der Waals surface area contributed by atoms with Crippen molar-refractivity contribution in [1.82, 2.24) is 20.2 Å². The first-order chi connectivity index (χ1) is 24.8. The molecule has 2 heterocycles. The molecule has 1 aliphatic heterocycles. The van der Waals surface area contributed by atoms with E-state index in [0.717, 1.165) is 77.9 Å². The topological polar surface area (TPSA) is 67.1 Å². The van der Waals surface area contributed by atoms with Crippen molar-refractivity contribution in [2.75, 3.05) is 27.2 Å². The first kappa shape index (κ1) is 42.0. The van der Waals surface area contributed by atoms with Crippen LogP contribution >= 0.6 is 23.2 Å². The molecule has 0 spiro atoms. The van der Waals surface area contributed by atoms with Gasteiger partial charge in [-0.15, -0.1) is 0 Å². The van der Waals surface area contributed by atoms with E-state index in [1.807, 2.05) is 27.1 Å². The molecule has 51 heavy (non-hydrogen) atoms. The molecule has 1 aliphatic rings. The average molecular weight is 731 g/mol. The molecule has 1 saturated heterocycles. The van der Waals surface area contributed by atoms with Crippen LogP contribution in [0.15, 0.2) is 79.0 Å². The lowest BCUT2D eigenvalue weighted by Crippen LogP contribution is -2.32. The summed E-state index contributed by atoms with van der Waals surface area (Å²) in [5.41, 5.74) is 17.4. The van der Waals surface area contributed by atoms with E-state index in [1.165, 1.54) is 71.3 Å². The van der Waals surface area contributed by atoms with Gasteiger partial charge in [-0.3, -0.25) is 9.97 Å². The number of nitrogens with one attached hydrogen (secondary N) is 1. The van der Waals surface area contributed by atoms with Gasteiger partial charge in [-0.25, -0.2) is 0 Å². The second-order valence-electron chi connectivity index (χ2n) is 13.2. The lowest BCUT2D eigenvalue weighted by Gasteiger charge is -2.29. The number of likely N-dealkylation sites (tertiary alicyclic amines) is 1. The zero-order chi connectivity index (χ0) is 37.2. The Morgan fingerprint density at radius 3 is 2.24 bits per heavy atom. The molecule has 0 bridgehead atoms. The zero-order valence-electron chi connectivity index (χ0n) is 32.2. The molecule has 1 fully saturated rings. The summed E-state index contributed by atoms with van der Waals surface area (Å²) in [5, 5.41) is 4.71. The summed E-state index contributed by atoms with van der Waals surface area (Å²) in [4.78, 5) is 11.1. The summed E-state index contributed by atoms with van der Waals surface area (Å²) in [5.74, 6) is 0.763. The van der Waals surface area contributed by atoms with Crippen molar-refractivity contribution in [3.05, 3.63) is 128 Å². The molecule has 0 saturated carbocycles. The Morgan fingerprint density at radius 2 is 1.61 bits per heavy atom. The minimum Gasteiger partial charge on any atom is -0.403 e. The third-order valence-corrected chi connectivity index (χ3v) is 10.7. The molecule has 1 atom stereocenters. The van der Waals surface area contributed by atoms with E-state index in [-0.39, 0.29) is 0 Å². The second kappa shape index (κ2) is 22.5. The van der Waals surface area contributed by atoms with Crippen LogP contribution < -0.4 is 11.1 Å². The van der Waals surface area contributed by atoms with Gasteiger partial charge in [-0.05, 0) is 136 Å². The predicted molar refractivity (Wildman–Crippen MR) is 221 cm³/mol. The second-order valence-corrected chi connectivity index (χ2v) is 14.0. The van der Waals surface area contributed by atoms with Gasteiger partial charge in [0.15, 0.2) is 0 Å². The van der Waals surface area contributed by atoms with Gasteiger partial charge < -0.3 is 16.0 Å². The number of piperidine rings is 1. The van der Waals surface area contributed by atoms with E-state index >= 15 is 0 Å². The fourth-order valence-electron chi connectivity index (χ4n) is 6.93. The number of nitrogens with two attached hydrogens (primary N) is 1. The van der Waals surface area contributed by atoms with Gasteiger partial charge in [0.2, 0.25) is 0 Å². The maximum absolute atomic E-state index is 7.09. The summed E-state index contributed by atoms with van der Waals surface area (Å²) in [6, 6.07) is 17.7. The number of benzene rings is 3. The van der Waals surface area contributed by atoms with Crippen molar-refractivity contribution in [3.63, 3.8) is 0 Å². The van der Waals surface area contributed by atoms with E-state index < -0.39 is 0 Å². The SMILES string of the molecule is CC.CC/C(=C/N)NC.CCc1cc(Cl)c(CCc2cccc(-c3cccc(CCC4CCCN(C)C4)c3Cl)c2C)cc1CCc1cnccn1. The van der Waals surface area contributed by atoms with Crippen LogP contribution in [0, 0.1) is 12.8 Å². The molecule has 0 radical (unpaired) electrons. The maximum Gasteiger partial charge on any atom is 0.0589 e. The molecule has 4 aromatic rings. The zero-order valence-corrected chi connectivity index (χ0v) is 33.7. The van der Waals surface area contributed by atoms with Gasteiger partial charge in [0.1, 0.15) is 0 Å². The number of nitrogens with zero attached hydrogens (tertiary/aromatic N) is 3. The van der Waals surface area contributed by atoms with Crippen LogP contribution in [0.2, 0.25) is 10.0 Å². The van der Waals surface area contributed by atoms with Gasteiger partial charge in [0.25, 0.3) is 0 Å². The fourth-order valence-corrected chi connectivity index (χ4v) is 7.53. The highest BCUT2D eigenvalue weighted by molar-refractivity contribution is 6.34. The van der Waals surface area contributed by atoms with Crippen LogP contribution in [-0.2, 0) is 38.5 Å². The predicted octanol–water partition coefficient (Wildman–Crippen LogP) is 10.6. The van der Waals surface area contributed by atoms with Gasteiger partial charge in [0, 0.05) is 54.7 Å². The number of rotatable bonds is 13. The lowest BCUT2D eigenvalue weighted by molar-refractivity contribution is 0.202. The molecule has 7 heteroatoms. The van der Waals surface area contributed by atoms with E-state index in [0.29, 0.717) is 0 Å². The Morgan fingerprint density at radius 1 is 0.902 bits per heavy atom. The third-order valence-electron chi connectivity index (χ3n) is 9.94. The Labute approximate surface area is 319 Å². The number of halogens is 2. The van der Waals surface area contributed by atoms with Gasteiger partial charge in [-0.2, -0.15) is 0 Å². The molecule has 1 unspecified atom stereocenters. The number of allylic oxidation sites excluding steroid dienone is 1. The minimum atomic E-state index is 0.763. The molecular formula is C44H61Cl2N5. The Hall–Kier alpha value is -3.38. The van der Waals surface area contributed by atoms with Crippen LogP contribution in [0.5, 0.6) is 0 Å². The number of aromatic nitrogens is 2. The lowest BCUT2D eigenvalue weighted by atomic mass is 9.89. The fraction of sp³-hybridized carbons (Fsp3) is 0.455. The molecule has 0 aliphatic carbocycles. The van der Waals surface area contributed by atoms with Gasteiger partial charge in [-0.1, -0.05) is 93.4 Å². The van der Waals surface area contributed by atoms with Crippen molar-refractivity contribution in [1.29, 1.82) is 0 Å². The summed E-state index contributed by atoms with van der Waals surface area (Å²) in [6.45, 7) is 12.9. The van der Waals surface area contributed by atoms with Crippen LogP contribution in [-0.4, -0.2) is 42.1 Å². The Bertz CT molecular complexity index is 1650. The summed E-state index contributed by atoms with van der Waals surface area (Å²) in [7, 11) is 4.10. The summed E-state index contributed by atoms with van der Waals surface area (Å²) < 4.78 is 0. The Kier molecular flexibility index (Phi) is 18.6. The third kappa shape index (κ3) is 12.7. The van der Waals surface area contributed by atoms with Crippen LogP contribution in [0.1, 0.15) is 92.5 Å². The van der Waals surface area contributed by atoms with Gasteiger partial charge in [0.05, 0.1) is 10.7 Å². The molecule has 0 amide bonds. The van der Waals surface area contributed by atoms with E-state index in [4.69, 9.17) is 28.9 Å². The summed E-state index contributed by atoms with van der Waals surface area (Å²) >= 11 is 13.9. The molecule has 5 nitrogen and oxygen atoms in total. The monoisotopic (exact) mass is 729 g/mol. The number of hydrogen-bond donors (Lipinski definition) is 2. The van der Waals surface area contributed by atoms with E-state index in [1.54, 1.807) is 18.6 Å². The molecule has 3 aromatic carbocycles. The van der Waals surface area contributed by atoms with Gasteiger partial charge >= 0.3 is 0 Å². The minimum absolute atomic E-state index is 0.763. The highest BCUT2D eigenvalue weighted by atomic mass is 35.5. The highest BCUT2D eigenvalue weighted by Gasteiger charge is 2.19. The largest absolute Gasteiger partial charge is 0.403 e. The van der Waals surface area contributed by atoms with E-state index in [9.17, 15) is 0 Å². The maximum atomic E-state index is 7.09. The molecule has 3 N–H and O–H groups in total. The van der Waals surface area contributed by atoms with Crippen molar-refractivity contribution in [2.24, 2.45) is 11.7 Å². The average Bonchev–Trinajstić information content (AvgIpc) is 3.16. The highest BCUT2D eigenvalue weighted by Crippen LogP contribution is 2.36. The first-order valence-electron chi connectivity index (χ1n) is 19.0. The normalized spacial score (nSPS) is 14.6.